The Hall–Kier alpha value is -2.64. The molecule has 1 saturated heterocycles. The van der Waals surface area contributed by atoms with Gasteiger partial charge in [0.1, 0.15) is 6.54 Å². The standard InChI is InChI=1S/C13H16N4O4/c1-14-11-4-3-10(17(20)21)5-9(11)6-16-8-12(18)15(2)7-13(16)19/h3-5,14H,6-8H2,1-2H3. The summed E-state index contributed by atoms with van der Waals surface area (Å²) in [4.78, 5) is 36.8. The summed E-state index contributed by atoms with van der Waals surface area (Å²) >= 11 is 0. The van der Waals surface area contributed by atoms with Gasteiger partial charge in [-0.15, -0.1) is 0 Å². The summed E-state index contributed by atoms with van der Waals surface area (Å²) < 4.78 is 0. The van der Waals surface area contributed by atoms with Crippen molar-refractivity contribution in [1.82, 2.24) is 9.80 Å². The molecule has 21 heavy (non-hydrogen) atoms. The molecular formula is C13H16N4O4. The first kappa shape index (κ1) is 14.8. The molecule has 0 atom stereocenters. The zero-order valence-electron chi connectivity index (χ0n) is 11.8. The zero-order valence-corrected chi connectivity index (χ0v) is 11.8. The highest BCUT2D eigenvalue weighted by molar-refractivity contribution is 5.92. The van der Waals surface area contributed by atoms with E-state index in [2.05, 4.69) is 5.32 Å². The summed E-state index contributed by atoms with van der Waals surface area (Å²) in [5.41, 5.74) is 1.26. The first-order valence-electron chi connectivity index (χ1n) is 6.39. The van der Waals surface area contributed by atoms with Gasteiger partial charge in [-0.25, -0.2) is 0 Å². The van der Waals surface area contributed by atoms with Crippen LogP contribution in [0.5, 0.6) is 0 Å². The smallest absolute Gasteiger partial charge is 0.269 e. The minimum Gasteiger partial charge on any atom is -0.388 e. The van der Waals surface area contributed by atoms with Crippen LogP contribution >= 0.6 is 0 Å². The molecule has 2 rings (SSSR count). The van der Waals surface area contributed by atoms with Crippen molar-refractivity contribution in [3.05, 3.63) is 33.9 Å². The molecule has 1 aliphatic heterocycles. The van der Waals surface area contributed by atoms with Gasteiger partial charge in [0.25, 0.3) is 5.69 Å². The molecular weight excluding hydrogens is 276 g/mol. The third-order valence-electron chi connectivity index (χ3n) is 3.41. The van der Waals surface area contributed by atoms with Gasteiger partial charge in [-0.05, 0) is 6.07 Å². The van der Waals surface area contributed by atoms with Crippen molar-refractivity contribution in [2.24, 2.45) is 0 Å². The molecule has 8 nitrogen and oxygen atoms in total. The van der Waals surface area contributed by atoms with Crippen LogP contribution in [-0.2, 0) is 16.1 Å². The maximum Gasteiger partial charge on any atom is 0.269 e. The first-order valence-corrected chi connectivity index (χ1v) is 6.39. The number of carbonyl (C=O) groups excluding carboxylic acids is 2. The lowest BCUT2D eigenvalue weighted by atomic mass is 10.1. The van der Waals surface area contributed by atoms with E-state index in [4.69, 9.17) is 0 Å². The third-order valence-corrected chi connectivity index (χ3v) is 3.41. The molecule has 0 aromatic heterocycles. The van der Waals surface area contributed by atoms with Crippen molar-refractivity contribution in [2.45, 2.75) is 6.54 Å². The lowest BCUT2D eigenvalue weighted by molar-refractivity contribution is -0.384. The van der Waals surface area contributed by atoms with Crippen molar-refractivity contribution < 1.29 is 14.5 Å². The number of non-ortho nitro benzene ring substituents is 1. The second-order valence-electron chi connectivity index (χ2n) is 4.85. The van der Waals surface area contributed by atoms with Crippen LogP contribution in [0, 0.1) is 10.1 Å². The molecule has 2 amide bonds. The zero-order chi connectivity index (χ0) is 15.6. The maximum absolute atomic E-state index is 12.0. The van der Waals surface area contributed by atoms with Gasteiger partial charge in [0.05, 0.1) is 11.5 Å². The number of amides is 2. The molecule has 0 unspecified atom stereocenters. The summed E-state index contributed by atoms with van der Waals surface area (Å²) in [6, 6.07) is 4.41. The number of hydrogen-bond acceptors (Lipinski definition) is 5. The van der Waals surface area contributed by atoms with Gasteiger partial charge in [0.15, 0.2) is 0 Å². The van der Waals surface area contributed by atoms with E-state index < -0.39 is 4.92 Å². The maximum atomic E-state index is 12.0. The van der Waals surface area contributed by atoms with E-state index in [1.165, 1.54) is 21.9 Å². The van der Waals surface area contributed by atoms with Crippen LogP contribution in [0.1, 0.15) is 5.56 Å². The van der Waals surface area contributed by atoms with E-state index >= 15 is 0 Å². The van der Waals surface area contributed by atoms with Crippen LogP contribution in [0.2, 0.25) is 0 Å². The summed E-state index contributed by atoms with van der Waals surface area (Å²) in [5.74, 6) is -0.323. The minimum atomic E-state index is -0.486. The normalized spacial score (nSPS) is 15.3. The number of piperazine rings is 1. The lowest BCUT2D eigenvalue weighted by Crippen LogP contribution is -2.51. The van der Waals surface area contributed by atoms with Crippen molar-refractivity contribution >= 4 is 23.2 Å². The Bertz CT molecular complexity index is 602. The molecule has 1 N–H and O–H groups in total. The van der Waals surface area contributed by atoms with Gasteiger partial charge in [-0.2, -0.15) is 0 Å². The van der Waals surface area contributed by atoms with E-state index in [0.717, 1.165) is 0 Å². The van der Waals surface area contributed by atoms with Crippen LogP contribution in [0.3, 0.4) is 0 Å². The fraction of sp³-hybridized carbons (Fsp3) is 0.385. The highest BCUT2D eigenvalue weighted by Crippen LogP contribution is 2.24. The summed E-state index contributed by atoms with van der Waals surface area (Å²) in [6.07, 6.45) is 0. The second kappa shape index (κ2) is 5.78. The van der Waals surface area contributed by atoms with Gasteiger partial charge in [0.2, 0.25) is 11.8 Å². The average molecular weight is 292 g/mol. The Labute approximate surface area is 121 Å². The molecule has 0 saturated carbocycles. The Kier molecular flexibility index (Phi) is 4.06. The van der Waals surface area contributed by atoms with Crippen molar-refractivity contribution in [3.63, 3.8) is 0 Å². The predicted octanol–water partition coefficient (Wildman–Crippen LogP) is 0.437. The number of anilines is 1. The Morgan fingerprint density at radius 1 is 1.29 bits per heavy atom. The number of nitrogens with zero attached hydrogens (tertiary/aromatic N) is 3. The molecule has 1 aromatic carbocycles. The summed E-state index contributed by atoms with van der Waals surface area (Å²) in [7, 11) is 3.27. The highest BCUT2D eigenvalue weighted by Gasteiger charge is 2.28. The molecule has 0 bridgehead atoms. The van der Waals surface area contributed by atoms with Gasteiger partial charge < -0.3 is 15.1 Å². The quantitative estimate of drug-likeness (QED) is 0.641. The molecule has 1 aromatic rings. The number of nitrogens with one attached hydrogen (secondary N) is 1. The molecule has 1 aliphatic rings. The van der Waals surface area contributed by atoms with Crippen LogP contribution in [-0.4, -0.2) is 53.7 Å². The average Bonchev–Trinajstić information content (AvgIpc) is 2.44. The number of carbonyl (C=O) groups is 2. The number of nitro benzene ring substituents is 1. The number of hydrogen-bond donors (Lipinski definition) is 1. The number of nitro groups is 1. The molecule has 112 valence electrons. The predicted molar refractivity (Wildman–Crippen MR) is 75.7 cm³/mol. The first-order chi connectivity index (χ1) is 9.92. The summed E-state index contributed by atoms with van der Waals surface area (Å²) in [6.45, 7) is 0.181. The monoisotopic (exact) mass is 292 g/mol. The molecule has 1 heterocycles. The van der Waals surface area contributed by atoms with Crippen LogP contribution in [0.15, 0.2) is 18.2 Å². The Morgan fingerprint density at radius 2 is 2.00 bits per heavy atom. The number of likely N-dealkylation sites (N-methyl/N-ethyl adjacent to an activating group) is 1. The fourth-order valence-corrected chi connectivity index (χ4v) is 2.18. The number of rotatable bonds is 4. The third kappa shape index (κ3) is 3.10. The number of benzene rings is 1. The molecule has 0 aliphatic carbocycles. The van der Waals surface area contributed by atoms with Gasteiger partial charge >= 0.3 is 0 Å². The van der Waals surface area contributed by atoms with Gasteiger partial charge in [-0.3, -0.25) is 19.7 Å². The topological polar surface area (TPSA) is 95.8 Å². The largest absolute Gasteiger partial charge is 0.388 e. The minimum absolute atomic E-state index is 0.0127. The molecule has 0 spiro atoms. The van der Waals surface area contributed by atoms with E-state index in [0.29, 0.717) is 11.3 Å². The molecule has 8 heteroatoms. The lowest BCUT2D eigenvalue weighted by Gasteiger charge is -2.32. The van der Waals surface area contributed by atoms with Gasteiger partial charge in [-0.1, -0.05) is 0 Å². The van der Waals surface area contributed by atoms with E-state index in [1.807, 2.05) is 0 Å². The summed E-state index contributed by atoms with van der Waals surface area (Å²) in [5, 5.41) is 13.8. The van der Waals surface area contributed by atoms with Crippen molar-refractivity contribution in [1.29, 1.82) is 0 Å². The second-order valence-corrected chi connectivity index (χ2v) is 4.85. The van der Waals surface area contributed by atoms with E-state index in [1.54, 1.807) is 20.2 Å². The van der Waals surface area contributed by atoms with Crippen LogP contribution in [0.25, 0.3) is 0 Å². The van der Waals surface area contributed by atoms with Crippen molar-refractivity contribution in [2.75, 3.05) is 32.5 Å². The Balaban J connectivity index is 2.25. The molecule has 0 radical (unpaired) electrons. The molecule has 1 fully saturated rings. The van der Waals surface area contributed by atoms with E-state index in [9.17, 15) is 19.7 Å². The Morgan fingerprint density at radius 3 is 2.62 bits per heavy atom. The van der Waals surface area contributed by atoms with Gasteiger partial charge in [0, 0.05) is 44.0 Å². The highest BCUT2D eigenvalue weighted by atomic mass is 16.6. The fourth-order valence-electron chi connectivity index (χ4n) is 2.18. The van der Waals surface area contributed by atoms with Crippen LogP contribution < -0.4 is 5.32 Å². The SMILES string of the molecule is CNc1ccc([N+](=O)[O-])cc1CN1CC(=O)N(C)CC1=O. The van der Waals surface area contributed by atoms with Crippen molar-refractivity contribution in [3.8, 4) is 0 Å². The van der Waals surface area contributed by atoms with E-state index in [-0.39, 0.29) is 37.1 Å². The van der Waals surface area contributed by atoms with Crippen LogP contribution in [0.4, 0.5) is 11.4 Å².